The van der Waals surface area contributed by atoms with Crippen molar-refractivity contribution in [3.63, 3.8) is 0 Å². The SMILES string of the molecule is c1csc(-c2cc3c(cn2)CNC3)c1. The van der Waals surface area contributed by atoms with Crippen LogP contribution < -0.4 is 5.32 Å². The second kappa shape index (κ2) is 3.19. The molecule has 14 heavy (non-hydrogen) atoms. The van der Waals surface area contributed by atoms with Crippen molar-refractivity contribution in [2.45, 2.75) is 13.1 Å². The second-order valence-electron chi connectivity index (χ2n) is 3.42. The van der Waals surface area contributed by atoms with Crippen LogP contribution in [-0.4, -0.2) is 4.98 Å². The van der Waals surface area contributed by atoms with Gasteiger partial charge in [0.15, 0.2) is 0 Å². The van der Waals surface area contributed by atoms with Crippen molar-refractivity contribution in [2.75, 3.05) is 0 Å². The summed E-state index contributed by atoms with van der Waals surface area (Å²) < 4.78 is 0. The molecule has 0 spiro atoms. The Hall–Kier alpha value is -1.19. The van der Waals surface area contributed by atoms with Crippen LogP contribution in [0.1, 0.15) is 11.1 Å². The molecule has 70 valence electrons. The van der Waals surface area contributed by atoms with Crippen molar-refractivity contribution < 1.29 is 0 Å². The Morgan fingerprint density at radius 2 is 2.21 bits per heavy atom. The molecule has 2 aromatic rings. The minimum atomic E-state index is 0.965. The number of nitrogens with zero attached hydrogens (tertiary/aromatic N) is 1. The number of aromatic nitrogens is 1. The van der Waals surface area contributed by atoms with Gasteiger partial charge < -0.3 is 5.32 Å². The van der Waals surface area contributed by atoms with Crippen molar-refractivity contribution in [3.8, 4) is 10.6 Å². The highest BCUT2D eigenvalue weighted by Crippen LogP contribution is 2.25. The van der Waals surface area contributed by atoms with Crippen LogP contribution in [0, 0.1) is 0 Å². The summed E-state index contributed by atoms with van der Waals surface area (Å²) in [5, 5.41) is 5.41. The lowest BCUT2D eigenvalue weighted by atomic mass is 10.1. The first-order valence-electron chi connectivity index (χ1n) is 4.66. The van der Waals surface area contributed by atoms with Crippen molar-refractivity contribution in [1.82, 2.24) is 10.3 Å². The van der Waals surface area contributed by atoms with E-state index in [0.29, 0.717) is 0 Å². The van der Waals surface area contributed by atoms with Gasteiger partial charge in [0.2, 0.25) is 0 Å². The van der Waals surface area contributed by atoms with E-state index in [1.807, 2.05) is 6.20 Å². The van der Waals surface area contributed by atoms with Crippen LogP contribution in [0.15, 0.2) is 29.8 Å². The zero-order chi connectivity index (χ0) is 9.38. The van der Waals surface area contributed by atoms with Crippen molar-refractivity contribution in [3.05, 3.63) is 40.9 Å². The molecule has 0 unspecified atom stereocenters. The molecule has 0 radical (unpaired) electrons. The van der Waals surface area contributed by atoms with Gasteiger partial charge in [0, 0.05) is 19.3 Å². The Labute approximate surface area is 86.6 Å². The maximum atomic E-state index is 4.46. The molecular weight excluding hydrogens is 192 g/mol. The van der Waals surface area contributed by atoms with Crippen LogP contribution in [0.4, 0.5) is 0 Å². The van der Waals surface area contributed by atoms with E-state index >= 15 is 0 Å². The summed E-state index contributed by atoms with van der Waals surface area (Å²) in [4.78, 5) is 5.71. The van der Waals surface area contributed by atoms with Gasteiger partial charge in [-0.3, -0.25) is 4.98 Å². The summed E-state index contributed by atoms with van der Waals surface area (Å²) >= 11 is 1.74. The third-order valence-corrected chi connectivity index (χ3v) is 3.38. The van der Waals surface area contributed by atoms with Gasteiger partial charge in [0.05, 0.1) is 10.6 Å². The lowest BCUT2D eigenvalue weighted by Crippen LogP contribution is -1.99. The summed E-state index contributed by atoms with van der Waals surface area (Å²) in [6.07, 6.45) is 1.99. The van der Waals surface area contributed by atoms with Gasteiger partial charge in [-0.25, -0.2) is 0 Å². The average Bonchev–Trinajstić information content (AvgIpc) is 2.88. The first kappa shape index (κ1) is 8.15. The second-order valence-corrected chi connectivity index (χ2v) is 4.37. The zero-order valence-corrected chi connectivity index (χ0v) is 8.47. The largest absolute Gasteiger partial charge is 0.309 e. The molecule has 0 atom stereocenters. The number of nitrogens with one attached hydrogen (secondary N) is 1. The molecule has 0 saturated carbocycles. The minimum absolute atomic E-state index is 0.965. The topological polar surface area (TPSA) is 24.9 Å². The fraction of sp³-hybridized carbons (Fsp3) is 0.182. The molecule has 1 aliphatic heterocycles. The quantitative estimate of drug-likeness (QED) is 0.768. The number of hydrogen-bond acceptors (Lipinski definition) is 3. The smallest absolute Gasteiger partial charge is 0.0805 e. The predicted molar refractivity (Wildman–Crippen MR) is 58.1 cm³/mol. The standard InChI is InChI=1S/C11H10N2S/c1-2-11(14-3-1)10-4-8-5-12-6-9(8)7-13-10/h1-4,7,12H,5-6H2. The molecule has 0 bridgehead atoms. The van der Waals surface area contributed by atoms with Crippen LogP contribution in [0.2, 0.25) is 0 Å². The summed E-state index contributed by atoms with van der Waals surface area (Å²) in [5.74, 6) is 0. The van der Waals surface area contributed by atoms with E-state index in [1.165, 1.54) is 16.0 Å². The highest BCUT2D eigenvalue weighted by atomic mass is 32.1. The van der Waals surface area contributed by atoms with Gasteiger partial charge >= 0.3 is 0 Å². The zero-order valence-electron chi connectivity index (χ0n) is 7.66. The van der Waals surface area contributed by atoms with E-state index in [-0.39, 0.29) is 0 Å². The van der Waals surface area contributed by atoms with Crippen LogP contribution in [0.25, 0.3) is 10.6 Å². The summed E-state index contributed by atoms with van der Waals surface area (Å²) in [7, 11) is 0. The maximum absolute atomic E-state index is 4.46. The fourth-order valence-electron chi connectivity index (χ4n) is 1.74. The predicted octanol–water partition coefficient (Wildman–Crippen LogP) is 2.41. The average molecular weight is 202 g/mol. The van der Waals surface area contributed by atoms with Gasteiger partial charge in [-0.2, -0.15) is 0 Å². The molecule has 0 aromatic carbocycles. The maximum Gasteiger partial charge on any atom is 0.0805 e. The Morgan fingerprint density at radius 3 is 3.07 bits per heavy atom. The molecule has 2 nitrogen and oxygen atoms in total. The number of rotatable bonds is 1. The highest BCUT2D eigenvalue weighted by molar-refractivity contribution is 7.13. The Kier molecular flexibility index (Phi) is 1.85. The summed E-state index contributed by atoms with van der Waals surface area (Å²) in [5.41, 5.74) is 3.83. The number of fused-ring (bicyclic) bond motifs is 1. The molecule has 0 amide bonds. The van der Waals surface area contributed by atoms with E-state index in [4.69, 9.17) is 0 Å². The third-order valence-electron chi connectivity index (χ3n) is 2.49. The van der Waals surface area contributed by atoms with Gasteiger partial charge in [-0.1, -0.05) is 6.07 Å². The van der Waals surface area contributed by atoms with Gasteiger partial charge in [-0.15, -0.1) is 11.3 Å². The van der Waals surface area contributed by atoms with Gasteiger partial charge in [0.25, 0.3) is 0 Å². The van der Waals surface area contributed by atoms with E-state index in [2.05, 4.69) is 33.9 Å². The Bertz CT molecular complexity index is 448. The van der Waals surface area contributed by atoms with E-state index in [9.17, 15) is 0 Å². The molecule has 0 aliphatic carbocycles. The van der Waals surface area contributed by atoms with Crippen molar-refractivity contribution >= 4 is 11.3 Å². The van der Waals surface area contributed by atoms with E-state index in [1.54, 1.807) is 11.3 Å². The third kappa shape index (κ3) is 1.25. The number of pyridine rings is 1. The molecule has 1 N–H and O–H groups in total. The number of hydrogen-bond donors (Lipinski definition) is 1. The molecule has 2 aromatic heterocycles. The Balaban J connectivity index is 2.09. The van der Waals surface area contributed by atoms with Crippen molar-refractivity contribution in [2.24, 2.45) is 0 Å². The number of thiophene rings is 1. The molecule has 3 heterocycles. The lowest BCUT2D eigenvalue weighted by Gasteiger charge is -2.00. The van der Waals surface area contributed by atoms with Crippen LogP contribution >= 0.6 is 11.3 Å². The Morgan fingerprint density at radius 1 is 1.29 bits per heavy atom. The highest BCUT2D eigenvalue weighted by Gasteiger charge is 2.11. The van der Waals surface area contributed by atoms with Crippen LogP contribution in [-0.2, 0) is 13.1 Å². The van der Waals surface area contributed by atoms with Crippen molar-refractivity contribution in [1.29, 1.82) is 0 Å². The van der Waals surface area contributed by atoms with E-state index in [0.717, 1.165) is 18.8 Å². The molecule has 0 saturated heterocycles. The first-order chi connectivity index (χ1) is 6.93. The molecule has 3 rings (SSSR count). The summed E-state index contributed by atoms with van der Waals surface area (Å²) in [6.45, 7) is 1.95. The van der Waals surface area contributed by atoms with Crippen LogP contribution in [0.3, 0.4) is 0 Å². The van der Waals surface area contributed by atoms with Gasteiger partial charge in [-0.05, 0) is 28.6 Å². The summed E-state index contributed by atoms with van der Waals surface area (Å²) in [6, 6.07) is 6.37. The van der Waals surface area contributed by atoms with Crippen LogP contribution in [0.5, 0.6) is 0 Å². The monoisotopic (exact) mass is 202 g/mol. The normalized spacial score (nSPS) is 14.3. The minimum Gasteiger partial charge on any atom is -0.309 e. The molecule has 3 heteroatoms. The van der Waals surface area contributed by atoms with Gasteiger partial charge in [0.1, 0.15) is 0 Å². The first-order valence-corrected chi connectivity index (χ1v) is 5.54. The van der Waals surface area contributed by atoms with E-state index < -0.39 is 0 Å². The molecular formula is C11H10N2S. The molecule has 0 fully saturated rings. The molecule has 1 aliphatic rings. The lowest BCUT2D eigenvalue weighted by molar-refractivity contribution is 0.764. The fourth-order valence-corrected chi connectivity index (χ4v) is 2.43.